The van der Waals surface area contributed by atoms with Gasteiger partial charge < -0.3 is 15.4 Å². The van der Waals surface area contributed by atoms with Crippen molar-refractivity contribution in [2.24, 2.45) is 0 Å². The van der Waals surface area contributed by atoms with E-state index in [-0.39, 0.29) is 17.2 Å². The van der Waals surface area contributed by atoms with Gasteiger partial charge in [0, 0.05) is 21.7 Å². The van der Waals surface area contributed by atoms with Gasteiger partial charge in [-0.2, -0.15) is 0 Å². The Morgan fingerprint density at radius 3 is 2.13 bits per heavy atom. The number of hydrogen-bond donors (Lipinski definition) is 2. The molecule has 0 fully saturated rings. The Morgan fingerprint density at radius 1 is 0.733 bits per heavy atom. The van der Waals surface area contributed by atoms with E-state index in [1.165, 1.54) is 11.8 Å². The van der Waals surface area contributed by atoms with Crippen molar-refractivity contribution in [1.82, 2.24) is 5.32 Å². The van der Waals surface area contributed by atoms with E-state index in [1.54, 1.807) is 42.5 Å². The SMILES string of the molecule is Cc1ccc(C(=O)CSc2cccc(NC(=O)/C(=C/c3ccc(OCc4ccccc4)cc3)NC(=O)c3ccccc3)c2)cc1. The van der Waals surface area contributed by atoms with Gasteiger partial charge in [-0.3, -0.25) is 14.4 Å². The minimum atomic E-state index is -0.485. The van der Waals surface area contributed by atoms with Gasteiger partial charge in [0.25, 0.3) is 11.8 Å². The Balaban J connectivity index is 1.28. The molecule has 0 bridgehead atoms. The van der Waals surface area contributed by atoms with Gasteiger partial charge in [-0.05, 0) is 66.6 Å². The van der Waals surface area contributed by atoms with Crippen molar-refractivity contribution in [2.45, 2.75) is 18.4 Å². The summed E-state index contributed by atoms with van der Waals surface area (Å²) < 4.78 is 5.88. The summed E-state index contributed by atoms with van der Waals surface area (Å²) in [6.45, 7) is 2.42. The molecule has 5 aromatic rings. The molecule has 224 valence electrons. The molecule has 0 radical (unpaired) electrons. The molecule has 5 rings (SSSR count). The monoisotopic (exact) mass is 612 g/mol. The normalized spacial score (nSPS) is 11.0. The number of benzene rings is 5. The molecule has 0 aromatic heterocycles. The summed E-state index contributed by atoms with van der Waals surface area (Å²) in [6.07, 6.45) is 1.62. The van der Waals surface area contributed by atoms with Crippen LogP contribution in [0.4, 0.5) is 5.69 Å². The van der Waals surface area contributed by atoms with E-state index >= 15 is 0 Å². The first-order valence-corrected chi connectivity index (χ1v) is 15.4. The Labute approximate surface area is 267 Å². The van der Waals surface area contributed by atoms with Gasteiger partial charge in [0.15, 0.2) is 5.78 Å². The minimum absolute atomic E-state index is 0.0276. The van der Waals surface area contributed by atoms with Crippen LogP contribution < -0.4 is 15.4 Å². The van der Waals surface area contributed by atoms with Gasteiger partial charge >= 0.3 is 0 Å². The zero-order valence-corrected chi connectivity index (χ0v) is 25.6. The van der Waals surface area contributed by atoms with Crippen LogP contribution in [0.1, 0.15) is 37.4 Å². The van der Waals surface area contributed by atoms with E-state index < -0.39 is 11.8 Å². The van der Waals surface area contributed by atoms with E-state index in [9.17, 15) is 14.4 Å². The Hall–Kier alpha value is -5.40. The number of Topliss-reactive ketones (excluding diaryl/α,β-unsaturated/α-hetero) is 1. The van der Waals surface area contributed by atoms with Crippen molar-refractivity contribution in [2.75, 3.05) is 11.1 Å². The molecule has 7 heteroatoms. The Kier molecular flexibility index (Phi) is 10.6. The second kappa shape index (κ2) is 15.4. The maximum Gasteiger partial charge on any atom is 0.272 e. The zero-order chi connectivity index (χ0) is 31.4. The lowest BCUT2D eigenvalue weighted by atomic mass is 10.1. The fourth-order valence-electron chi connectivity index (χ4n) is 4.34. The number of nitrogens with one attached hydrogen (secondary N) is 2. The van der Waals surface area contributed by atoms with Gasteiger partial charge in [0.2, 0.25) is 0 Å². The van der Waals surface area contributed by atoms with E-state index in [0.717, 1.165) is 16.0 Å². The molecule has 6 nitrogen and oxygen atoms in total. The third-order valence-electron chi connectivity index (χ3n) is 6.80. The smallest absolute Gasteiger partial charge is 0.272 e. The highest BCUT2D eigenvalue weighted by Crippen LogP contribution is 2.24. The predicted molar refractivity (Wildman–Crippen MR) is 180 cm³/mol. The first-order valence-electron chi connectivity index (χ1n) is 14.4. The summed E-state index contributed by atoms with van der Waals surface area (Å²) in [7, 11) is 0. The van der Waals surface area contributed by atoms with Gasteiger partial charge in [0.05, 0.1) is 5.75 Å². The lowest BCUT2D eigenvalue weighted by Gasteiger charge is -2.12. The van der Waals surface area contributed by atoms with E-state index in [1.807, 2.05) is 104 Å². The van der Waals surface area contributed by atoms with Gasteiger partial charge in [-0.25, -0.2) is 0 Å². The summed E-state index contributed by atoms with van der Waals surface area (Å²) >= 11 is 1.39. The highest BCUT2D eigenvalue weighted by atomic mass is 32.2. The molecule has 0 aliphatic rings. The number of ether oxygens (including phenoxy) is 1. The lowest BCUT2D eigenvalue weighted by molar-refractivity contribution is -0.113. The first kappa shape index (κ1) is 31.0. The van der Waals surface area contributed by atoms with Crippen LogP contribution in [0.3, 0.4) is 0 Å². The minimum Gasteiger partial charge on any atom is -0.489 e. The molecule has 0 saturated carbocycles. The number of anilines is 1. The van der Waals surface area contributed by atoms with Gasteiger partial charge in [0.1, 0.15) is 18.1 Å². The fourth-order valence-corrected chi connectivity index (χ4v) is 5.19. The second-order valence-electron chi connectivity index (χ2n) is 10.3. The molecule has 0 heterocycles. The third kappa shape index (κ3) is 9.29. The standard InChI is InChI=1S/C38H32N2O4S/c1-27-15-19-30(20-16-27)36(41)26-45-34-14-8-13-32(24-34)39-38(43)35(40-37(42)31-11-6-3-7-12-31)23-28-17-21-33(22-18-28)44-25-29-9-4-2-5-10-29/h2-24H,25-26H2,1H3,(H,39,43)(H,40,42)/b35-23-. The second-order valence-corrected chi connectivity index (χ2v) is 11.3. The molecule has 0 spiro atoms. The average Bonchev–Trinajstić information content (AvgIpc) is 3.08. The average molecular weight is 613 g/mol. The highest BCUT2D eigenvalue weighted by molar-refractivity contribution is 8.00. The van der Waals surface area contributed by atoms with Crippen LogP contribution in [-0.4, -0.2) is 23.4 Å². The summed E-state index contributed by atoms with van der Waals surface area (Å²) in [6, 6.07) is 40.7. The molecule has 45 heavy (non-hydrogen) atoms. The molecule has 0 saturated heterocycles. The molecule has 5 aromatic carbocycles. The van der Waals surface area contributed by atoms with E-state index in [4.69, 9.17) is 4.74 Å². The molecule has 2 amide bonds. The van der Waals surface area contributed by atoms with Crippen LogP contribution in [0.5, 0.6) is 5.75 Å². The molecular weight excluding hydrogens is 580 g/mol. The Morgan fingerprint density at radius 2 is 1.42 bits per heavy atom. The van der Waals surface area contributed by atoms with Crippen molar-refractivity contribution in [3.05, 3.63) is 167 Å². The predicted octanol–water partition coefficient (Wildman–Crippen LogP) is 7.96. The third-order valence-corrected chi connectivity index (χ3v) is 7.80. The van der Waals surface area contributed by atoms with Crippen molar-refractivity contribution >= 4 is 41.1 Å². The molecule has 0 atom stereocenters. The van der Waals surface area contributed by atoms with Crippen LogP contribution in [-0.2, 0) is 11.4 Å². The summed E-state index contributed by atoms with van der Waals surface area (Å²) in [5, 5.41) is 5.66. The number of rotatable bonds is 12. The summed E-state index contributed by atoms with van der Waals surface area (Å²) in [5.74, 6) is 0.0923. The van der Waals surface area contributed by atoms with Crippen molar-refractivity contribution in [3.63, 3.8) is 0 Å². The van der Waals surface area contributed by atoms with Crippen LogP contribution in [0, 0.1) is 6.92 Å². The number of amides is 2. The van der Waals surface area contributed by atoms with Crippen molar-refractivity contribution in [3.8, 4) is 5.75 Å². The molecule has 0 aliphatic carbocycles. The largest absolute Gasteiger partial charge is 0.489 e. The molecule has 2 N–H and O–H groups in total. The number of ketones is 1. The van der Waals surface area contributed by atoms with Crippen LogP contribution in [0.25, 0.3) is 6.08 Å². The van der Waals surface area contributed by atoms with Crippen LogP contribution >= 0.6 is 11.8 Å². The summed E-state index contributed by atoms with van der Waals surface area (Å²) in [4.78, 5) is 40.0. The van der Waals surface area contributed by atoms with Crippen molar-refractivity contribution in [1.29, 1.82) is 0 Å². The van der Waals surface area contributed by atoms with Gasteiger partial charge in [-0.15, -0.1) is 11.8 Å². The molecule has 0 unspecified atom stereocenters. The first-order chi connectivity index (χ1) is 21.9. The number of thioether (sulfide) groups is 1. The lowest BCUT2D eigenvalue weighted by Crippen LogP contribution is -2.30. The summed E-state index contributed by atoms with van der Waals surface area (Å²) in [5.41, 5.74) is 4.58. The van der Waals surface area contributed by atoms with Crippen molar-refractivity contribution < 1.29 is 19.1 Å². The maximum atomic E-state index is 13.5. The quantitative estimate of drug-likeness (QED) is 0.0849. The molecule has 0 aliphatic heterocycles. The van der Waals surface area contributed by atoms with Crippen LogP contribution in [0.15, 0.2) is 144 Å². The highest BCUT2D eigenvalue weighted by Gasteiger charge is 2.16. The van der Waals surface area contributed by atoms with E-state index in [2.05, 4.69) is 10.6 Å². The zero-order valence-electron chi connectivity index (χ0n) is 24.7. The number of hydrogen-bond acceptors (Lipinski definition) is 5. The topological polar surface area (TPSA) is 84.5 Å². The number of carbonyl (C=O) groups is 3. The Bertz CT molecular complexity index is 1790. The molecular formula is C38H32N2O4S. The maximum absolute atomic E-state index is 13.5. The number of aryl methyl sites for hydroxylation is 1. The van der Waals surface area contributed by atoms with Crippen LogP contribution in [0.2, 0.25) is 0 Å². The van der Waals surface area contributed by atoms with E-state index in [0.29, 0.717) is 34.7 Å². The van der Waals surface area contributed by atoms with Gasteiger partial charge in [-0.1, -0.05) is 96.6 Å². The fraction of sp³-hybridized carbons (Fsp3) is 0.0789. The number of carbonyl (C=O) groups excluding carboxylic acids is 3.